The Balaban J connectivity index is 1.92. The third-order valence-corrected chi connectivity index (χ3v) is 5.42. The van der Waals surface area contributed by atoms with Gasteiger partial charge in [-0.2, -0.15) is 18.3 Å². The maximum absolute atomic E-state index is 13.2. The molecule has 1 atom stereocenters. The van der Waals surface area contributed by atoms with Gasteiger partial charge in [-0.3, -0.25) is 4.79 Å². The van der Waals surface area contributed by atoms with Crippen molar-refractivity contribution < 1.29 is 18.0 Å². The van der Waals surface area contributed by atoms with E-state index in [0.717, 1.165) is 29.8 Å². The number of carbonyl (C=O) groups excluding carboxylic acids is 1. The highest BCUT2D eigenvalue weighted by Gasteiger charge is 2.39. The molecule has 156 valence electrons. The number of para-hydroxylation sites is 1. The summed E-state index contributed by atoms with van der Waals surface area (Å²) < 4.78 is 41.4. The van der Waals surface area contributed by atoms with Crippen molar-refractivity contribution in [2.24, 2.45) is 0 Å². The van der Waals surface area contributed by atoms with E-state index in [1.807, 2.05) is 45.0 Å². The van der Waals surface area contributed by atoms with Crippen LogP contribution < -0.4 is 5.32 Å². The third kappa shape index (κ3) is 3.28. The van der Waals surface area contributed by atoms with Gasteiger partial charge in [-0.15, -0.1) is 0 Å². The number of nitrogens with zero attached hydrogens (tertiary/aromatic N) is 2. The molecule has 2 aromatic carbocycles. The number of benzene rings is 2. The molecule has 1 aliphatic rings. The first kappa shape index (κ1) is 20.2. The van der Waals surface area contributed by atoms with Gasteiger partial charge >= 0.3 is 6.18 Å². The van der Waals surface area contributed by atoms with E-state index in [2.05, 4.69) is 5.32 Å². The number of aromatic nitrogens is 2. The van der Waals surface area contributed by atoms with E-state index >= 15 is 0 Å². The number of nitrogens with one attached hydrogen (secondary N) is 1. The van der Waals surface area contributed by atoms with Crippen molar-refractivity contribution in [3.05, 3.63) is 82.2 Å². The Morgan fingerprint density at radius 2 is 1.87 bits per heavy atom. The van der Waals surface area contributed by atoms with Crippen molar-refractivity contribution in [3.63, 3.8) is 0 Å². The molecule has 0 fully saturated rings. The Kier molecular flexibility index (Phi) is 4.92. The average molecular weight is 413 g/mol. The molecule has 3 aromatic rings. The highest BCUT2D eigenvalue weighted by atomic mass is 19.4. The molecule has 1 N–H and O–H groups in total. The van der Waals surface area contributed by atoms with E-state index in [9.17, 15) is 18.0 Å². The molecule has 4 rings (SSSR count). The van der Waals surface area contributed by atoms with Gasteiger partial charge in [0.2, 0.25) is 0 Å². The van der Waals surface area contributed by atoms with Gasteiger partial charge in [0, 0.05) is 5.56 Å². The zero-order valence-corrected chi connectivity index (χ0v) is 16.9. The fourth-order valence-electron chi connectivity index (χ4n) is 3.98. The first-order chi connectivity index (χ1) is 14.2. The summed E-state index contributed by atoms with van der Waals surface area (Å²) in [5.74, 6) is -0.340. The first-order valence-corrected chi connectivity index (χ1v) is 9.91. The maximum Gasteiger partial charge on any atom is 0.416 e. The number of rotatable bonds is 4. The number of hydrogen-bond acceptors (Lipinski definition) is 2. The van der Waals surface area contributed by atoms with Crippen LogP contribution in [0.25, 0.3) is 5.69 Å². The quantitative estimate of drug-likeness (QED) is 0.622. The fraction of sp³-hybridized carbons (Fsp3) is 0.304. The zero-order valence-electron chi connectivity index (χ0n) is 16.9. The highest BCUT2D eigenvalue weighted by molar-refractivity contribution is 5.99. The maximum atomic E-state index is 13.2. The second kappa shape index (κ2) is 7.31. The number of amides is 1. The predicted molar refractivity (Wildman–Crippen MR) is 108 cm³/mol. The SMILES string of the molecule is CCc1ccccc1-n1nc(C(C)C)c2c1C(=O)NC2c1cccc(C(F)(F)F)c1. The van der Waals surface area contributed by atoms with Crippen LogP contribution in [-0.2, 0) is 12.6 Å². The Bertz CT molecular complexity index is 1120. The molecule has 0 saturated carbocycles. The lowest BCUT2D eigenvalue weighted by atomic mass is 9.94. The first-order valence-electron chi connectivity index (χ1n) is 9.91. The van der Waals surface area contributed by atoms with Crippen LogP contribution >= 0.6 is 0 Å². The van der Waals surface area contributed by atoms with Crippen molar-refractivity contribution in [2.75, 3.05) is 0 Å². The molecular formula is C23H22F3N3O. The Labute approximate surface area is 172 Å². The molecule has 1 amide bonds. The van der Waals surface area contributed by atoms with Gasteiger partial charge in [-0.25, -0.2) is 4.68 Å². The molecule has 1 aromatic heterocycles. The van der Waals surface area contributed by atoms with Gasteiger partial charge in [0.1, 0.15) is 5.69 Å². The Morgan fingerprint density at radius 3 is 2.53 bits per heavy atom. The van der Waals surface area contributed by atoms with E-state index < -0.39 is 17.8 Å². The molecule has 0 aliphatic carbocycles. The van der Waals surface area contributed by atoms with Crippen molar-refractivity contribution in [2.45, 2.75) is 45.3 Å². The minimum absolute atomic E-state index is 0.00483. The van der Waals surface area contributed by atoms with Crippen LogP contribution in [0, 0.1) is 0 Å². The second-order valence-corrected chi connectivity index (χ2v) is 7.73. The molecule has 1 aliphatic heterocycles. The van der Waals surface area contributed by atoms with Crippen LogP contribution in [0.5, 0.6) is 0 Å². The lowest BCUT2D eigenvalue weighted by Gasteiger charge is -2.16. The van der Waals surface area contributed by atoms with Gasteiger partial charge in [0.05, 0.1) is 23.0 Å². The zero-order chi connectivity index (χ0) is 21.6. The second-order valence-electron chi connectivity index (χ2n) is 7.73. The van der Waals surface area contributed by atoms with E-state index in [-0.39, 0.29) is 11.8 Å². The van der Waals surface area contributed by atoms with Crippen LogP contribution in [0.15, 0.2) is 48.5 Å². The lowest BCUT2D eigenvalue weighted by Crippen LogP contribution is -2.23. The summed E-state index contributed by atoms with van der Waals surface area (Å²) in [7, 11) is 0. The van der Waals surface area contributed by atoms with Crippen LogP contribution in [0.2, 0.25) is 0 Å². The number of hydrogen-bond donors (Lipinski definition) is 1. The summed E-state index contributed by atoms with van der Waals surface area (Å²) in [4.78, 5) is 13.0. The van der Waals surface area contributed by atoms with Crippen molar-refractivity contribution in [1.29, 1.82) is 0 Å². The molecule has 0 radical (unpaired) electrons. The Hall–Kier alpha value is -3.09. The van der Waals surface area contributed by atoms with Crippen LogP contribution in [0.4, 0.5) is 13.2 Å². The number of alkyl halides is 3. The molecule has 0 bridgehead atoms. The normalized spacial score (nSPS) is 16.1. The Morgan fingerprint density at radius 1 is 1.13 bits per heavy atom. The minimum Gasteiger partial charge on any atom is -0.340 e. The number of aryl methyl sites for hydroxylation is 1. The number of carbonyl (C=O) groups is 1. The number of halogens is 3. The van der Waals surface area contributed by atoms with Gasteiger partial charge in [0.15, 0.2) is 0 Å². The molecule has 0 saturated heterocycles. The summed E-state index contributed by atoms with van der Waals surface area (Å²) in [6.07, 6.45) is -3.69. The predicted octanol–water partition coefficient (Wildman–Crippen LogP) is 5.41. The van der Waals surface area contributed by atoms with E-state index in [0.29, 0.717) is 22.5 Å². The third-order valence-electron chi connectivity index (χ3n) is 5.42. The minimum atomic E-state index is -4.45. The standard InChI is InChI=1S/C23H22F3N3O/c1-4-14-8-5-6-11-17(14)29-21-18(19(28-29)13(2)3)20(27-22(21)30)15-9-7-10-16(12-15)23(24,25)26/h5-13,20H,4H2,1-3H3,(H,27,30). The molecule has 2 heterocycles. The topological polar surface area (TPSA) is 46.9 Å². The summed E-state index contributed by atoms with van der Waals surface area (Å²) in [6, 6.07) is 12.1. The molecular weight excluding hydrogens is 391 g/mol. The summed E-state index contributed by atoms with van der Waals surface area (Å²) in [6.45, 7) is 5.95. The molecule has 4 nitrogen and oxygen atoms in total. The smallest absolute Gasteiger partial charge is 0.340 e. The average Bonchev–Trinajstić information content (AvgIpc) is 3.26. The van der Waals surface area contributed by atoms with Crippen LogP contribution in [-0.4, -0.2) is 15.7 Å². The summed E-state index contributed by atoms with van der Waals surface area (Å²) in [5, 5.41) is 7.61. The lowest BCUT2D eigenvalue weighted by molar-refractivity contribution is -0.137. The van der Waals surface area contributed by atoms with Gasteiger partial charge < -0.3 is 5.32 Å². The molecule has 1 unspecified atom stereocenters. The van der Waals surface area contributed by atoms with Crippen molar-refractivity contribution in [3.8, 4) is 5.69 Å². The van der Waals surface area contributed by atoms with Crippen molar-refractivity contribution in [1.82, 2.24) is 15.1 Å². The summed E-state index contributed by atoms with van der Waals surface area (Å²) >= 11 is 0. The van der Waals surface area contributed by atoms with Crippen LogP contribution in [0.3, 0.4) is 0 Å². The molecule has 30 heavy (non-hydrogen) atoms. The van der Waals surface area contributed by atoms with Gasteiger partial charge in [-0.1, -0.05) is 51.1 Å². The monoisotopic (exact) mass is 413 g/mol. The number of fused-ring (bicyclic) bond motifs is 1. The van der Waals surface area contributed by atoms with E-state index in [4.69, 9.17) is 5.10 Å². The van der Waals surface area contributed by atoms with Gasteiger partial charge in [0.25, 0.3) is 5.91 Å². The largest absolute Gasteiger partial charge is 0.416 e. The van der Waals surface area contributed by atoms with E-state index in [1.165, 1.54) is 6.07 Å². The van der Waals surface area contributed by atoms with Crippen LogP contribution in [0.1, 0.15) is 71.2 Å². The van der Waals surface area contributed by atoms with E-state index in [1.54, 1.807) is 10.7 Å². The molecule has 0 spiro atoms. The van der Waals surface area contributed by atoms with Crippen molar-refractivity contribution >= 4 is 5.91 Å². The fourth-order valence-corrected chi connectivity index (χ4v) is 3.98. The highest BCUT2D eigenvalue weighted by Crippen LogP contribution is 2.39. The summed E-state index contributed by atoms with van der Waals surface area (Å²) in [5.41, 5.74) is 3.25. The molecule has 7 heteroatoms. The van der Waals surface area contributed by atoms with Gasteiger partial charge in [-0.05, 0) is 41.7 Å².